The Morgan fingerprint density at radius 1 is 0.906 bits per heavy atom. The van der Waals surface area contributed by atoms with Crippen LogP contribution in [0.3, 0.4) is 0 Å². The highest BCUT2D eigenvalue weighted by atomic mass is 16.5. The van der Waals surface area contributed by atoms with Crippen molar-refractivity contribution >= 4 is 16.9 Å². The van der Waals surface area contributed by atoms with Crippen LogP contribution < -0.4 is 15.0 Å². The van der Waals surface area contributed by atoms with E-state index in [4.69, 9.17) is 9.47 Å². The molecule has 0 radical (unpaired) electrons. The van der Waals surface area contributed by atoms with Gasteiger partial charge in [0.05, 0.1) is 36.8 Å². The number of H-pyrrole nitrogens is 1. The van der Waals surface area contributed by atoms with E-state index in [0.29, 0.717) is 53.4 Å². The second-order valence-electron chi connectivity index (χ2n) is 7.03. The van der Waals surface area contributed by atoms with Gasteiger partial charge in [0.2, 0.25) is 0 Å². The van der Waals surface area contributed by atoms with E-state index in [0.717, 1.165) is 5.56 Å². The topological polar surface area (TPSA) is 90.5 Å². The number of hydrogen-bond acceptors (Lipinski definition) is 6. The summed E-state index contributed by atoms with van der Waals surface area (Å²) < 4.78 is 16.2. The molecule has 1 aromatic heterocycles. The summed E-state index contributed by atoms with van der Waals surface area (Å²) in [5.41, 5.74) is 1.72. The maximum absolute atomic E-state index is 12.3. The van der Waals surface area contributed by atoms with Gasteiger partial charge >= 0.3 is 5.97 Å². The lowest BCUT2D eigenvalue weighted by Crippen LogP contribution is -2.09. The van der Waals surface area contributed by atoms with Crippen molar-refractivity contribution in [1.82, 2.24) is 9.97 Å². The fraction of sp³-hybridized carbons (Fsp3) is 0.160. The van der Waals surface area contributed by atoms with Crippen LogP contribution in [-0.4, -0.2) is 36.3 Å². The fourth-order valence-corrected chi connectivity index (χ4v) is 3.20. The summed E-state index contributed by atoms with van der Waals surface area (Å²) in [6, 6.07) is 21.5. The number of esters is 1. The Morgan fingerprint density at radius 3 is 2.44 bits per heavy atom. The van der Waals surface area contributed by atoms with Crippen LogP contribution in [-0.2, 0) is 4.74 Å². The standard InChI is InChI=1S/C25H22N2O5/c1-30-25(29)17-10-12-19(13-11-17)31-14-5-15-32-20-7-4-6-18(16-20)23-26-22-9-3-2-8-21(22)24(28)27-23/h2-4,6-13,16H,5,14-15H2,1H3,(H,26,27,28). The number of hydrogen-bond donors (Lipinski definition) is 1. The Hall–Kier alpha value is -4.13. The minimum Gasteiger partial charge on any atom is -0.493 e. The predicted octanol–water partition coefficient (Wildman–Crippen LogP) is 4.22. The van der Waals surface area contributed by atoms with E-state index in [1.165, 1.54) is 7.11 Å². The van der Waals surface area contributed by atoms with Gasteiger partial charge in [-0.3, -0.25) is 4.79 Å². The molecule has 1 N–H and O–H groups in total. The van der Waals surface area contributed by atoms with Gasteiger partial charge in [0.1, 0.15) is 17.3 Å². The number of nitrogens with one attached hydrogen (secondary N) is 1. The van der Waals surface area contributed by atoms with Crippen LogP contribution in [0.2, 0.25) is 0 Å². The molecule has 0 amide bonds. The first-order chi connectivity index (χ1) is 15.6. The molecule has 162 valence electrons. The smallest absolute Gasteiger partial charge is 0.337 e. The minimum absolute atomic E-state index is 0.173. The predicted molar refractivity (Wildman–Crippen MR) is 121 cm³/mol. The summed E-state index contributed by atoms with van der Waals surface area (Å²) in [5.74, 6) is 1.47. The lowest BCUT2D eigenvalue weighted by atomic mass is 10.2. The van der Waals surface area contributed by atoms with Gasteiger partial charge in [-0.1, -0.05) is 24.3 Å². The summed E-state index contributed by atoms with van der Waals surface area (Å²) in [6.07, 6.45) is 0.675. The molecule has 0 atom stereocenters. The molecule has 32 heavy (non-hydrogen) atoms. The molecule has 1 heterocycles. The molecule has 0 aliphatic rings. The number of methoxy groups -OCH3 is 1. The molecule has 0 fully saturated rings. The summed E-state index contributed by atoms with van der Waals surface area (Å²) in [7, 11) is 1.35. The zero-order chi connectivity index (χ0) is 22.3. The first-order valence-electron chi connectivity index (χ1n) is 10.2. The van der Waals surface area contributed by atoms with Crippen LogP contribution in [0.25, 0.3) is 22.3 Å². The molecule has 0 unspecified atom stereocenters. The van der Waals surface area contributed by atoms with Gasteiger partial charge in [0, 0.05) is 12.0 Å². The maximum Gasteiger partial charge on any atom is 0.337 e. The van der Waals surface area contributed by atoms with Crippen molar-refractivity contribution in [2.75, 3.05) is 20.3 Å². The van der Waals surface area contributed by atoms with Crippen molar-refractivity contribution < 1.29 is 19.0 Å². The molecular weight excluding hydrogens is 408 g/mol. The number of ether oxygens (including phenoxy) is 3. The SMILES string of the molecule is COC(=O)c1ccc(OCCCOc2cccc(-c3nc4ccccc4c(=O)[nH]3)c2)cc1. The van der Waals surface area contributed by atoms with Crippen LogP contribution in [0.4, 0.5) is 0 Å². The maximum atomic E-state index is 12.3. The lowest BCUT2D eigenvalue weighted by Gasteiger charge is -2.10. The number of nitrogens with zero attached hydrogens (tertiary/aromatic N) is 1. The average Bonchev–Trinajstić information content (AvgIpc) is 2.84. The number of aromatic nitrogens is 2. The molecular formula is C25H22N2O5. The van der Waals surface area contributed by atoms with E-state index in [9.17, 15) is 9.59 Å². The van der Waals surface area contributed by atoms with Crippen molar-refractivity contribution in [2.24, 2.45) is 0 Å². The molecule has 0 aliphatic heterocycles. The summed E-state index contributed by atoms with van der Waals surface area (Å²) in [4.78, 5) is 31.2. The Labute approximate surface area is 184 Å². The molecule has 3 aromatic carbocycles. The van der Waals surface area contributed by atoms with E-state index in [-0.39, 0.29) is 11.5 Å². The fourth-order valence-electron chi connectivity index (χ4n) is 3.20. The molecule has 7 heteroatoms. The van der Waals surface area contributed by atoms with Crippen LogP contribution in [0.5, 0.6) is 11.5 Å². The first-order valence-corrected chi connectivity index (χ1v) is 10.2. The number of aromatic amines is 1. The largest absolute Gasteiger partial charge is 0.493 e. The third-order valence-corrected chi connectivity index (χ3v) is 4.82. The van der Waals surface area contributed by atoms with Crippen molar-refractivity contribution in [3.05, 3.63) is 88.7 Å². The van der Waals surface area contributed by atoms with Gasteiger partial charge in [-0.2, -0.15) is 0 Å². The number of para-hydroxylation sites is 1. The van der Waals surface area contributed by atoms with E-state index in [1.54, 1.807) is 30.3 Å². The van der Waals surface area contributed by atoms with E-state index < -0.39 is 0 Å². The van der Waals surface area contributed by atoms with Crippen molar-refractivity contribution in [3.63, 3.8) is 0 Å². The molecule has 0 aliphatic carbocycles. The quantitative estimate of drug-likeness (QED) is 0.332. The number of carbonyl (C=O) groups excluding carboxylic acids is 1. The number of benzene rings is 3. The number of carbonyl (C=O) groups is 1. The van der Waals surface area contributed by atoms with Gasteiger partial charge in [-0.05, 0) is 48.5 Å². The van der Waals surface area contributed by atoms with E-state index >= 15 is 0 Å². The minimum atomic E-state index is -0.379. The highest BCUT2D eigenvalue weighted by molar-refractivity contribution is 5.89. The average molecular weight is 430 g/mol. The van der Waals surface area contributed by atoms with Gasteiger partial charge < -0.3 is 19.2 Å². The first kappa shape index (κ1) is 21.1. The lowest BCUT2D eigenvalue weighted by molar-refractivity contribution is 0.0600. The molecule has 0 saturated heterocycles. The summed E-state index contributed by atoms with van der Waals surface area (Å²) in [6.45, 7) is 0.933. The van der Waals surface area contributed by atoms with Crippen LogP contribution in [0, 0.1) is 0 Å². The number of rotatable bonds is 8. The Kier molecular flexibility index (Phi) is 6.46. The van der Waals surface area contributed by atoms with Crippen molar-refractivity contribution in [1.29, 1.82) is 0 Å². The zero-order valence-electron chi connectivity index (χ0n) is 17.5. The normalized spacial score (nSPS) is 10.7. The van der Waals surface area contributed by atoms with Crippen molar-refractivity contribution in [3.8, 4) is 22.9 Å². The third kappa shape index (κ3) is 4.95. The van der Waals surface area contributed by atoms with Gasteiger partial charge in [-0.25, -0.2) is 9.78 Å². The summed E-state index contributed by atoms with van der Waals surface area (Å²) >= 11 is 0. The van der Waals surface area contributed by atoms with Crippen LogP contribution in [0.1, 0.15) is 16.8 Å². The van der Waals surface area contributed by atoms with Gasteiger partial charge in [0.15, 0.2) is 0 Å². The number of fused-ring (bicyclic) bond motifs is 1. The highest BCUT2D eigenvalue weighted by Gasteiger charge is 2.07. The molecule has 7 nitrogen and oxygen atoms in total. The van der Waals surface area contributed by atoms with E-state index in [2.05, 4.69) is 14.7 Å². The Balaban J connectivity index is 1.32. The monoisotopic (exact) mass is 430 g/mol. The molecule has 0 bridgehead atoms. The second kappa shape index (κ2) is 9.78. The molecule has 0 spiro atoms. The Bertz CT molecular complexity index is 1280. The highest BCUT2D eigenvalue weighted by Crippen LogP contribution is 2.22. The second-order valence-corrected chi connectivity index (χ2v) is 7.03. The third-order valence-electron chi connectivity index (χ3n) is 4.82. The van der Waals surface area contributed by atoms with E-state index in [1.807, 2.05) is 42.5 Å². The molecule has 4 aromatic rings. The van der Waals surface area contributed by atoms with Crippen LogP contribution in [0.15, 0.2) is 77.6 Å². The van der Waals surface area contributed by atoms with Gasteiger partial charge in [0.25, 0.3) is 5.56 Å². The zero-order valence-corrected chi connectivity index (χ0v) is 17.5. The van der Waals surface area contributed by atoms with Crippen molar-refractivity contribution in [2.45, 2.75) is 6.42 Å². The van der Waals surface area contributed by atoms with Crippen LogP contribution >= 0.6 is 0 Å². The molecule has 0 saturated carbocycles. The summed E-state index contributed by atoms with van der Waals surface area (Å²) in [5, 5.41) is 0.559. The molecule has 4 rings (SSSR count). The van der Waals surface area contributed by atoms with Gasteiger partial charge in [-0.15, -0.1) is 0 Å². The Morgan fingerprint density at radius 2 is 1.66 bits per heavy atom.